The first-order valence-electron chi connectivity index (χ1n) is 13.3. The van der Waals surface area contributed by atoms with Crippen molar-refractivity contribution in [3.05, 3.63) is 89.8 Å². The van der Waals surface area contributed by atoms with Crippen LogP contribution in [0, 0.1) is 6.92 Å². The van der Waals surface area contributed by atoms with E-state index in [1.807, 2.05) is 66.4 Å². The molecule has 1 aromatic heterocycles. The van der Waals surface area contributed by atoms with Crippen molar-refractivity contribution in [2.45, 2.75) is 45.6 Å². The van der Waals surface area contributed by atoms with E-state index in [-0.39, 0.29) is 11.8 Å². The Bertz CT molecular complexity index is 1460. The Morgan fingerprint density at radius 1 is 1.03 bits per heavy atom. The van der Waals surface area contributed by atoms with Crippen LogP contribution in [0.1, 0.15) is 49.1 Å². The van der Waals surface area contributed by atoms with Crippen LogP contribution in [-0.4, -0.2) is 35.7 Å². The minimum atomic E-state index is 0.0608. The number of aryl methyl sites for hydroxylation is 2. The van der Waals surface area contributed by atoms with Gasteiger partial charge in [0, 0.05) is 31.1 Å². The summed E-state index contributed by atoms with van der Waals surface area (Å²) < 4.78 is 13.9. The standard InChI is InChI=1S/C32H35N3O3/c1-4-11-24-16-17-29(30(20-24)37-3)38-19-10-9-18-34-28-15-8-6-13-26(28)33-32(34)25-21-31(36)35(22-25)27-14-7-5-12-23(27)2/h4-8,11-17,20,25H,9-10,18-19,21-22H2,1-3H3/b11-4+. The molecule has 38 heavy (non-hydrogen) atoms. The van der Waals surface area contributed by atoms with Gasteiger partial charge in [-0.3, -0.25) is 4.79 Å². The van der Waals surface area contributed by atoms with Gasteiger partial charge in [-0.2, -0.15) is 0 Å². The number of aromatic nitrogens is 2. The second kappa shape index (κ2) is 11.5. The summed E-state index contributed by atoms with van der Waals surface area (Å²) in [4.78, 5) is 20.0. The Morgan fingerprint density at radius 2 is 1.84 bits per heavy atom. The number of benzene rings is 3. The van der Waals surface area contributed by atoms with Gasteiger partial charge >= 0.3 is 0 Å². The number of hydrogen-bond acceptors (Lipinski definition) is 4. The molecule has 1 aliphatic rings. The van der Waals surface area contributed by atoms with Crippen LogP contribution in [0.2, 0.25) is 0 Å². The normalized spacial score (nSPS) is 15.6. The van der Waals surface area contributed by atoms with Crippen LogP contribution in [0.3, 0.4) is 0 Å². The number of anilines is 1. The van der Waals surface area contributed by atoms with Crippen LogP contribution in [0.25, 0.3) is 17.1 Å². The van der Waals surface area contributed by atoms with Gasteiger partial charge in [-0.15, -0.1) is 0 Å². The molecule has 1 saturated heterocycles. The highest BCUT2D eigenvalue weighted by molar-refractivity contribution is 5.97. The SMILES string of the molecule is C/C=C/c1ccc(OCCCCn2c(C3CC(=O)N(c4ccccc4C)C3)nc3ccccc32)c(OC)c1. The first-order chi connectivity index (χ1) is 18.6. The number of imidazole rings is 1. The maximum Gasteiger partial charge on any atom is 0.227 e. The summed E-state index contributed by atoms with van der Waals surface area (Å²) in [6.07, 6.45) is 6.35. The summed E-state index contributed by atoms with van der Waals surface area (Å²) in [5, 5.41) is 0. The quantitative estimate of drug-likeness (QED) is 0.222. The lowest BCUT2D eigenvalue weighted by Gasteiger charge is -2.19. The van der Waals surface area contributed by atoms with E-state index in [0.29, 0.717) is 19.6 Å². The lowest BCUT2D eigenvalue weighted by atomic mass is 10.1. The topological polar surface area (TPSA) is 56.6 Å². The highest BCUT2D eigenvalue weighted by atomic mass is 16.5. The van der Waals surface area contributed by atoms with Gasteiger partial charge in [0.05, 0.1) is 24.8 Å². The largest absolute Gasteiger partial charge is 0.493 e. The van der Waals surface area contributed by atoms with Crippen molar-refractivity contribution >= 4 is 28.7 Å². The molecular formula is C32H35N3O3. The highest BCUT2D eigenvalue weighted by Gasteiger charge is 2.35. The number of carbonyl (C=O) groups is 1. The third-order valence-electron chi connectivity index (χ3n) is 7.16. The third-order valence-corrected chi connectivity index (χ3v) is 7.16. The Balaban J connectivity index is 1.27. The van der Waals surface area contributed by atoms with E-state index < -0.39 is 0 Å². The van der Waals surface area contributed by atoms with E-state index in [2.05, 4.69) is 35.8 Å². The van der Waals surface area contributed by atoms with E-state index in [0.717, 1.165) is 64.6 Å². The second-order valence-corrected chi connectivity index (χ2v) is 9.77. The monoisotopic (exact) mass is 509 g/mol. The first-order valence-corrected chi connectivity index (χ1v) is 13.3. The van der Waals surface area contributed by atoms with E-state index in [1.165, 1.54) is 0 Å². The average molecular weight is 510 g/mol. The summed E-state index contributed by atoms with van der Waals surface area (Å²) in [5.41, 5.74) is 5.29. The number of methoxy groups -OCH3 is 1. The summed E-state index contributed by atoms with van der Waals surface area (Å²) in [6, 6.07) is 22.3. The highest BCUT2D eigenvalue weighted by Crippen LogP contribution is 2.34. The maximum atomic E-state index is 13.0. The smallest absolute Gasteiger partial charge is 0.227 e. The predicted octanol–water partition coefficient (Wildman–Crippen LogP) is 6.77. The number of carbonyl (C=O) groups excluding carboxylic acids is 1. The van der Waals surface area contributed by atoms with Crippen molar-refractivity contribution in [2.24, 2.45) is 0 Å². The van der Waals surface area contributed by atoms with Crippen LogP contribution in [-0.2, 0) is 11.3 Å². The lowest BCUT2D eigenvalue weighted by Crippen LogP contribution is -2.25. The number of amides is 1. The lowest BCUT2D eigenvalue weighted by molar-refractivity contribution is -0.117. The van der Waals surface area contributed by atoms with Gasteiger partial charge in [0.15, 0.2) is 11.5 Å². The molecule has 4 aromatic rings. The fourth-order valence-corrected chi connectivity index (χ4v) is 5.27. The molecule has 0 saturated carbocycles. The Morgan fingerprint density at radius 3 is 2.66 bits per heavy atom. The van der Waals surface area contributed by atoms with Crippen LogP contribution < -0.4 is 14.4 Å². The Hall–Kier alpha value is -4.06. The van der Waals surface area contributed by atoms with Crippen LogP contribution in [0.15, 0.2) is 72.8 Å². The second-order valence-electron chi connectivity index (χ2n) is 9.77. The molecule has 1 aliphatic heterocycles. The number of hydrogen-bond donors (Lipinski definition) is 0. The third kappa shape index (κ3) is 5.30. The molecule has 1 atom stereocenters. The number of fused-ring (bicyclic) bond motifs is 1. The van der Waals surface area contributed by atoms with Crippen LogP contribution >= 0.6 is 0 Å². The summed E-state index contributed by atoms with van der Waals surface area (Å²) in [6.45, 7) is 6.13. The molecular weight excluding hydrogens is 474 g/mol. The van der Waals surface area contributed by atoms with Crippen molar-refractivity contribution in [1.29, 1.82) is 0 Å². The maximum absolute atomic E-state index is 13.0. The number of para-hydroxylation sites is 3. The number of allylic oxidation sites excluding steroid dienone is 1. The molecule has 3 aromatic carbocycles. The minimum absolute atomic E-state index is 0.0608. The number of rotatable bonds is 10. The fraction of sp³-hybridized carbons (Fsp3) is 0.312. The van der Waals surface area contributed by atoms with Gasteiger partial charge in [-0.1, -0.05) is 48.6 Å². The van der Waals surface area contributed by atoms with Crippen molar-refractivity contribution in [3.8, 4) is 11.5 Å². The molecule has 1 amide bonds. The number of ether oxygens (including phenoxy) is 2. The Labute approximate surface area is 224 Å². The molecule has 0 N–H and O–H groups in total. The van der Waals surface area contributed by atoms with E-state index >= 15 is 0 Å². The molecule has 0 radical (unpaired) electrons. The van der Waals surface area contributed by atoms with Crippen LogP contribution in [0.5, 0.6) is 11.5 Å². The van der Waals surface area contributed by atoms with Gasteiger partial charge in [0.1, 0.15) is 5.82 Å². The van der Waals surface area contributed by atoms with Gasteiger partial charge in [-0.05, 0) is 68.1 Å². The molecule has 1 unspecified atom stereocenters. The predicted molar refractivity (Wildman–Crippen MR) is 153 cm³/mol. The van der Waals surface area contributed by atoms with Crippen molar-refractivity contribution in [1.82, 2.24) is 9.55 Å². The fourth-order valence-electron chi connectivity index (χ4n) is 5.27. The van der Waals surface area contributed by atoms with E-state index in [4.69, 9.17) is 14.5 Å². The molecule has 6 heteroatoms. The van der Waals surface area contributed by atoms with Crippen molar-refractivity contribution in [3.63, 3.8) is 0 Å². The van der Waals surface area contributed by atoms with Gasteiger partial charge < -0.3 is 18.9 Å². The summed E-state index contributed by atoms with van der Waals surface area (Å²) in [7, 11) is 1.67. The zero-order valence-corrected chi connectivity index (χ0v) is 22.4. The molecule has 1 fully saturated rings. The van der Waals surface area contributed by atoms with Gasteiger partial charge in [-0.25, -0.2) is 4.98 Å². The van der Waals surface area contributed by atoms with Gasteiger partial charge in [0.25, 0.3) is 0 Å². The van der Waals surface area contributed by atoms with Crippen LogP contribution in [0.4, 0.5) is 5.69 Å². The minimum Gasteiger partial charge on any atom is -0.493 e. The van der Waals surface area contributed by atoms with E-state index in [9.17, 15) is 4.79 Å². The first kappa shape index (κ1) is 25.6. The van der Waals surface area contributed by atoms with Crippen molar-refractivity contribution < 1.29 is 14.3 Å². The average Bonchev–Trinajstić information content (AvgIpc) is 3.50. The molecule has 6 nitrogen and oxygen atoms in total. The number of nitrogens with zero attached hydrogens (tertiary/aromatic N) is 3. The van der Waals surface area contributed by atoms with Gasteiger partial charge in [0.2, 0.25) is 5.91 Å². The van der Waals surface area contributed by atoms with Crippen molar-refractivity contribution in [2.75, 3.05) is 25.2 Å². The molecule has 0 spiro atoms. The molecule has 0 bridgehead atoms. The Kier molecular flexibility index (Phi) is 7.78. The zero-order chi connectivity index (χ0) is 26.5. The molecule has 196 valence electrons. The van der Waals surface area contributed by atoms with E-state index in [1.54, 1.807) is 7.11 Å². The molecule has 5 rings (SSSR count). The zero-order valence-electron chi connectivity index (χ0n) is 22.4. The summed E-state index contributed by atoms with van der Waals surface area (Å²) in [5.74, 6) is 2.72. The molecule has 2 heterocycles. The number of unbranched alkanes of at least 4 members (excludes halogenated alkanes) is 1. The summed E-state index contributed by atoms with van der Waals surface area (Å²) >= 11 is 0. The molecule has 0 aliphatic carbocycles.